The minimum Gasteiger partial charge on any atom is -0.445 e. The number of nitrogens with zero attached hydrogens (tertiary/aromatic N) is 2. The Hall–Kier alpha value is -1.72. The fourth-order valence-electron chi connectivity index (χ4n) is 2.12. The highest BCUT2D eigenvalue weighted by atomic mass is 35.5. The second-order valence-electron chi connectivity index (χ2n) is 5.14. The number of nitrogens with one attached hydrogen (secondary N) is 1. The summed E-state index contributed by atoms with van der Waals surface area (Å²) in [5.41, 5.74) is 1.61. The van der Waals surface area contributed by atoms with Crippen molar-refractivity contribution in [3.8, 4) is 0 Å². The third-order valence-corrected chi connectivity index (χ3v) is 4.38. The number of alkyl carbamates (subject to hydrolysis) is 1. The molecule has 0 bridgehead atoms. The second-order valence-corrected chi connectivity index (χ2v) is 5.88. The van der Waals surface area contributed by atoms with Crippen molar-refractivity contribution in [1.29, 1.82) is 0 Å². The monoisotopic (exact) mass is 355 g/mol. The number of ether oxygens (including phenoxy) is 1. The molecule has 0 saturated heterocycles. The molecule has 2 aromatic rings. The summed E-state index contributed by atoms with van der Waals surface area (Å²) in [7, 11) is 0. The first kappa shape index (κ1) is 17.6. The Kier molecular flexibility index (Phi) is 6.30. The Labute approximate surface area is 145 Å². The number of amides is 1. The largest absolute Gasteiger partial charge is 0.445 e. The van der Waals surface area contributed by atoms with E-state index in [0.29, 0.717) is 22.4 Å². The lowest BCUT2D eigenvalue weighted by Crippen LogP contribution is -2.31. The van der Waals surface area contributed by atoms with Gasteiger partial charge in [-0.1, -0.05) is 60.5 Å². The predicted octanol–water partition coefficient (Wildman–Crippen LogP) is 4.38. The van der Waals surface area contributed by atoms with Gasteiger partial charge >= 0.3 is 6.09 Å². The van der Waals surface area contributed by atoms with Crippen LogP contribution in [0.4, 0.5) is 4.79 Å². The number of carbonyl (C=O) groups is 1. The van der Waals surface area contributed by atoms with Gasteiger partial charge in [0, 0.05) is 6.54 Å². The first-order valence-electron chi connectivity index (χ1n) is 7.37. The second kappa shape index (κ2) is 8.22. The maximum absolute atomic E-state index is 11.8. The van der Waals surface area contributed by atoms with Crippen molar-refractivity contribution in [2.75, 3.05) is 6.54 Å². The molecule has 1 unspecified atom stereocenters. The predicted molar refractivity (Wildman–Crippen MR) is 90.9 cm³/mol. The van der Waals surface area contributed by atoms with Gasteiger partial charge in [-0.25, -0.2) is 9.48 Å². The highest BCUT2D eigenvalue weighted by Gasteiger charge is 2.19. The molecule has 23 heavy (non-hydrogen) atoms. The fraction of sp³-hybridized carbons (Fsp3) is 0.375. The van der Waals surface area contributed by atoms with Gasteiger partial charge in [-0.2, -0.15) is 5.10 Å². The molecule has 124 valence electrons. The van der Waals surface area contributed by atoms with E-state index in [1.54, 1.807) is 11.6 Å². The van der Waals surface area contributed by atoms with Crippen LogP contribution >= 0.6 is 23.2 Å². The summed E-state index contributed by atoms with van der Waals surface area (Å²) >= 11 is 12.2. The standard InChI is InChI=1S/C16H19Cl2N3O2/c1-3-13(21-15(18)14(17)11(2)20-21)9-19-16(22)23-10-12-7-5-4-6-8-12/h4-8,13H,3,9-10H2,1-2H3,(H,19,22). The van der Waals surface area contributed by atoms with E-state index in [1.807, 2.05) is 37.3 Å². The van der Waals surface area contributed by atoms with E-state index < -0.39 is 6.09 Å². The smallest absolute Gasteiger partial charge is 0.407 e. The van der Waals surface area contributed by atoms with E-state index in [1.165, 1.54) is 0 Å². The third-order valence-electron chi connectivity index (χ3n) is 3.47. The molecule has 5 nitrogen and oxygen atoms in total. The first-order chi connectivity index (χ1) is 11.0. The van der Waals surface area contributed by atoms with Gasteiger partial charge in [0.05, 0.1) is 11.7 Å². The first-order valence-corrected chi connectivity index (χ1v) is 8.13. The molecule has 0 radical (unpaired) electrons. The van der Waals surface area contributed by atoms with E-state index in [-0.39, 0.29) is 12.6 Å². The van der Waals surface area contributed by atoms with Crippen LogP contribution in [0.2, 0.25) is 10.2 Å². The number of carbonyl (C=O) groups excluding carboxylic acids is 1. The summed E-state index contributed by atoms with van der Waals surface area (Å²) in [6, 6.07) is 9.42. The zero-order valence-corrected chi connectivity index (χ0v) is 14.6. The summed E-state index contributed by atoms with van der Waals surface area (Å²) in [5.74, 6) is 0. The molecule has 1 amide bonds. The van der Waals surface area contributed by atoms with Crippen molar-refractivity contribution >= 4 is 29.3 Å². The van der Waals surface area contributed by atoms with Crippen molar-refractivity contribution in [1.82, 2.24) is 15.1 Å². The van der Waals surface area contributed by atoms with Gasteiger partial charge in [0.15, 0.2) is 0 Å². The average Bonchev–Trinajstić information content (AvgIpc) is 2.82. The number of halogens is 2. The maximum Gasteiger partial charge on any atom is 0.407 e. The molecule has 1 aromatic heterocycles. The van der Waals surface area contributed by atoms with Crippen LogP contribution in [0.5, 0.6) is 0 Å². The maximum atomic E-state index is 11.8. The Morgan fingerprint density at radius 1 is 1.35 bits per heavy atom. The summed E-state index contributed by atoms with van der Waals surface area (Å²) in [4.78, 5) is 11.8. The number of aromatic nitrogens is 2. The minimum atomic E-state index is -0.474. The summed E-state index contributed by atoms with van der Waals surface area (Å²) in [5, 5.41) is 7.87. The molecule has 0 spiro atoms. The van der Waals surface area contributed by atoms with Gasteiger partial charge in [-0.3, -0.25) is 0 Å². The molecule has 1 aromatic carbocycles. The normalized spacial score (nSPS) is 12.0. The topological polar surface area (TPSA) is 56.1 Å². The van der Waals surface area contributed by atoms with Gasteiger partial charge in [0.1, 0.15) is 16.8 Å². The number of rotatable bonds is 6. The molecule has 0 fully saturated rings. The molecule has 2 rings (SSSR count). The average molecular weight is 356 g/mol. The van der Waals surface area contributed by atoms with Crippen molar-refractivity contribution in [2.24, 2.45) is 0 Å². The lowest BCUT2D eigenvalue weighted by atomic mass is 10.2. The highest BCUT2D eigenvalue weighted by Crippen LogP contribution is 2.28. The van der Waals surface area contributed by atoms with E-state index in [0.717, 1.165) is 12.0 Å². The molecule has 1 heterocycles. The van der Waals surface area contributed by atoms with Crippen LogP contribution in [0.1, 0.15) is 30.6 Å². The van der Waals surface area contributed by atoms with Crippen molar-refractivity contribution < 1.29 is 9.53 Å². The van der Waals surface area contributed by atoms with Gasteiger partial charge in [-0.15, -0.1) is 0 Å². The molecule has 1 atom stereocenters. The lowest BCUT2D eigenvalue weighted by Gasteiger charge is -2.17. The van der Waals surface area contributed by atoms with Crippen LogP contribution in [0, 0.1) is 6.92 Å². The summed E-state index contributed by atoms with van der Waals surface area (Å²) in [6.07, 6.45) is 0.272. The van der Waals surface area contributed by atoms with E-state index >= 15 is 0 Å². The number of aryl methyl sites for hydroxylation is 1. The van der Waals surface area contributed by atoms with E-state index in [4.69, 9.17) is 27.9 Å². The molecule has 0 aliphatic heterocycles. The van der Waals surface area contributed by atoms with Crippen molar-refractivity contribution in [3.05, 3.63) is 51.8 Å². The molecule has 0 aliphatic rings. The Balaban J connectivity index is 1.87. The van der Waals surface area contributed by atoms with Gasteiger partial charge in [-0.05, 0) is 18.9 Å². The van der Waals surface area contributed by atoms with Gasteiger partial charge < -0.3 is 10.1 Å². The van der Waals surface area contributed by atoms with Gasteiger partial charge in [0.25, 0.3) is 0 Å². The lowest BCUT2D eigenvalue weighted by molar-refractivity contribution is 0.137. The van der Waals surface area contributed by atoms with Crippen LogP contribution in [0.3, 0.4) is 0 Å². The van der Waals surface area contributed by atoms with Crippen LogP contribution in [-0.2, 0) is 11.3 Å². The number of hydrogen-bond acceptors (Lipinski definition) is 3. The van der Waals surface area contributed by atoms with Crippen molar-refractivity contribution in [3.63, 3.8) is 0 Å². The Morgan fingerprint density at radius 2 is 2.04 bits per heavy atom. The van der Waals surface area contributed by atoms with Gasteiger partial charge in [0.2, 0.25) is 0 Å². The molecule has 7 heteroatoms. The quantitative estimate of drug-likeness (QED) is 0.836. The minimum absolute atomic E-state index is 0.0852. The number of hydrogen-bond donors (Lipinski definition) is 1. The van der Waals surface area contributed by atoms with Crippen LogP contribution < -0.4 is 5.32 Å². The summed E-state index contributed by atoms with van der Waals surface area (Å²) < 4.78 is 6.81. The van der Waals surface area contributed by atoms with Crippen LogP contribution in [0.15, 0.2) is 30.3 Å². The van der Waals surface area contributed by atoms with Crippen molar-refractivity contribution in [2.45, 2.75) is 32.9 Å². The van der Waals surface area contributed by atoms with E-state index in [9.17, 15) is 4.79 Å². The number of benzene rings is 1. The van der Waals surface area contributed by atoms with Crippen LogP contribution in [0.25, 0.3) is 0 Å². The zero-order valence-electron chi connectivity index (χ0n) is 13.1. The van der Waals surface area contributed by atoms with Crippen LogP contribution in [-0.4, -0.2) is 22.4 Å². The Bertz CT molecular complexity index is 659. The fourth-order valence-corrected chi connectivity index (χ4v) is 2.56. The third kappa shape index (κ3) is 4.62. The molecule has 0 saturated carbocycles. The Morgan fingerprint density at radius 3 is 2.61 bits per heavy atom. The zero-order chi connectivity index (χ0) is 16.8. The SMILES string of the molecule is CCC(CNC(=O)OCc1ccccc1)n1nc(C)c(Cl)c1Cl. The molecule has 0 aliphatic carbocycles. The molecule has 1 N–H and O–H groups in total. The summed E-state index contributed by atoms with van der Waals surface area (Å²) in [6.45, 7) is 4.38. The molecular formula is C16H19Cl2N3O2. The molecular weight excluding hydrogens is 337 g/mol. The highest BCUT2D eigenvalue weighted by molar-refractivity contribution is 6.41. The van der Waals surface area contributed by atoms with E-state index in [2.05, 4.69) is 10.4 Å².